The van der Waals surface area contributed by atoms with Gasteiger partial charge in [-0.05, 0) is 30.4 Å². The summed E-state index contributed by atoms with van der Waals surface area (Å²) >= 11 is 4.15. The minimum atomic E-state index is -1.54. The topological polar surface area (TPSA) is 209 Å². The maximum atomic E-state index is 12.9. The van der Waals surface area contributed by atoms with Crippen molar-refractivity contribution in [2.75, 3.05) is 5.75 Å². The van der Waals surface area contributed by atoms with Crippen LogP contribution in [0.1, 0.15) is 32.3 Å². The fourth-order valence-electron chi connectivity index (χ4n) is 3.75. The van der Waals surface area contributed by atoms with Crippen molar-refractivity contribution in [3.63, 3.8) is 0 Å². The molecule has 9 N–H and O–H groups in total. The van der Waals surface area contributed by atoms with E-state index in [1.54, 1.807) is 6.20 Å². The van der Waals surface area contributed by atoms with Gasteiger partial charge < -0.3 is 37.5 Å². The molecule has 0 fully saturated rings. The van der Waals surface area contributed by atoms with Crippen LogP contribution in [0.2, 0.25) is 0 Å². The number of carbonyl (C=O) groups is 5. The Balaban J connectivity index is 2.05. The van der Waals surface area contributed by atoms with E-state index in [0.717, 1.165) is 16.5 Å². The number of aromatic nitrogens is 1. The number of amides is 4. The van der Waals surface area contributed by atoms with Gasteiger partial charge in [0.15, 0.2) is 0 Å². The second-order valence-corrected chi connectivity index (χ2v) is 9.54. The van der Waals surface area contributed by atoms with Crippen molar-refractivity contribution >= 4 is 53.1 Å². The van der Waals surface area contributed by atoms with E-state index in [4.69, 9.17) is 11.5 Å². The standard InChI is InChI=1S/C24H34N6O6S/c1-12(2)7-17(22(33)29-18(24(35)36)9-20(26)31)28-23(34)19(11-37)30-21(32)15(25)8-13-10-27-16-6-4-3-5-14(13)16/h3-6,10,12,15,17-19,27,37H,7-9,11,25H2,1-2H3,(H2,26,31)(H,28,34)(H,29,33)(H,30,32)(H,35,36). The van der Waals surface area contributed by atoms with Crippen molar-refractivity contribution in [3.05, 3.63) is 36.0 Å². The summed E-state index contributed by atoms with van der Waals surface area (Å²) in [6.07, 6.45) is 1.57. The zero-order chi connectivity index (χ0) is 27.7. The molecular weight excluding hydrogens is 500 g/mol. The van der Waals surface area contributed by atoms with Crippen molar-refractivity contribution in [1.29, 1.82) is 0 Å². The monoisotopic (exact) mass is 534 g/mol. The Morgan fingerprint density at radius 1 is 0.973 bits per heavy atom. The van der Waals surface area contributed by atoms with Crippen LogP contribution < -0.4 is 27.4 Å². The molecule has 1 aromatic carbocycles. The number of fused-ring (bicyclic) bond motifs is 1. The fraction of sp³-hybridized carbons (Fsp3) is 0.458. The van der Waals surface area contributed by atoms with Gasteiger partial charge in [-0.3, -0.25) is 19.2 Å². The average molecular weight is 535 g/mol. The highest BCUT2D eigenvalue weighted by Crippen LogP contribution is 2.18. The van der Waals surface area contributed by atoms with Crippen molar-refractivity contribution in [2.45, 2.75) is 57.3 Å². The Morgan fingerprint density at radius 3 is 2.16 bits per heavy atom. The smallest absolute Gasteiger partial charge is 0.326 e. The van der Waals surface area contributed by atoms with Gasteiger partial charge in [0.25, 0.3) is 0 Å². The maximum absolute atomic E-state index is 12.9. The minimum absolute atomic E-state index is 0.0518. The SMILES string of the molecule is CC(C)CC(NC(=O)C(CS)NC(=O)C(N)Cc1c[nH]c2ccccc12)C(=O)NC(CC(N)=O)C(=O)O. The summed E-state index contributed by atoms with van der Waals surface area (Å²) in [5.41, 5.74) is 12.9. The Labute approximate surface area is 219 Å². The highest BCUT2D eigenvalue weighted by atomic mass is 32.1. The predicted molar refractivity (Wildman–Crippen MR) is 141 cm³/mol. The maximum Gasteiger partial charge on any atom is 0.326 e. The van der Waals surface area contributed by atoms with Crippen LogP contribution in [0.25, 0.3) is 10.9 Å². The Bertz CT molecular complexity index is 1140. The van der Waals surface area contributed by atoms with Crippen LogP contribution in [0.15, 0.2) is 30.5 Å². The molecule has 4 atom stereocenters. The molecule has 4 amide bonds. The van der Waals surface area contributed by atoms with Crippen molar-refractivity contribution in [2.24, 2.45) is 17.4 Å². The summed E-state index contributed by atoms with van der Waals surface area (Å²) in [5.74, 6) is -4.53. The van der Waals surface area contributed by atoms with Crippen LogP contribution in [-0.4, -0.2) is 69.6 Å². The number of benzene rings is 1. The molecule has 4 unspecified atom stereocenters. The normalized spacial score (nSPS) is 14.4. The third kappa shape index (κ3) is 8.79. The zero-order valence-electron chi connectivity index (χ0n) is 20.7. The minimum Gasteiger partial charge on any atom is -0.480 e. The molecular formula is C24H34N6O6S. The molecule has 0 radical (unpaired) electrons. The molecule has 0 saturated heterocycles. The van der Waals surface area contributed by atoms with E-state index in [0.29, 0.717) is 0 Å². The molecule has 202 valence electrons. The van der Waals surface area contributed by atoms with Gasteiger partial charge in [0.05, 0.1) is 12.5 Å². The number of primary amides is 1. The molecule has 0 saturated carbocycles. The number of nitrogens with one attached hydrogen (secondary N) is 4. The van der Waals surface area contributed by atoms with Crippen molar-refractivity contribution in [1.82, 2.24) is 20.9 Å². The van der Waals surface area contributed by atoms with Crippen LogP contribution in [0, 0.1) is 5.92 Å². The number of para-hydroxylation sites is 1. The van der Waals surface area contributed by atoms with E-state index in [1.807, 2.05) is 38.1 Å². The number of rotatable bonds is 14. The lowest BCUT2D eigenvalue weighted by atomic mass is 10.0. The first-order valence-electron chi connectivity index (χ1n) is 11.8. The molecule has 1 aromatic heterocycles. The van der Waals surface area contributed by atoms with E-state index >= 15 is 0 Å². The number of hydrogen-bond donors (Lipinski definition) is 8. The van der Waals surface area contributed by atoms with Gasteiger partial charge in [0.2, 0.25) is 23.6 Å². The summed E-state index contributed by atoms with van der Waals surface area (Å²) in [6.45, 7) is 3.62. The van der Waals surface area contributed by atoms with Crippen LogP contribution >= 0.6 is 12.6 Å². The average Bonchev–Trinajstić information content (AvgIpc) is 3.23. The summed E-state index contributed by atoms with van der Waals surface area (Å²) in [6, 6.07) is 2.86. The molecule has 0 aliphatic heterocycles. The fourth-order valence-corrected chi connectivity index (χ4v) is 4.01. The summed E-state index contributed by atoms with van der Waals surface area (Å²) < 4.78 is 0. The summed E-state index contributed by atoms with van der Waals surface area (Å²) in [4.78, 5) is 64.1. The molecule has 37 heavy (non-hydrogen) atoms. The van der Waals surface area contributed by atoms with E-state index in [-0.39, 0.29) is 24.5 Å². The lowest BCUT2D eigenvalue weighted by Crippen LogP contribution is -2.58. The number of carboxylic acid groups (broad SMARTS) is 1. The third-order valence-electron chi connectivity index (χ3n) is 5.63. The predicted octanol–water partition coefficient (Wildman–Crippen LogP) is -0.572. The molecule has 2 aromatic rings. The molecule has 12 nitrogen and oxygen atoms in total. The molecule has 0 aliphatic carbocycles. The van der Waals surface area contributed by atoms with E-state index in [1.165, 1.54) is 0 Å². The summed E-state index contributed by atoms with van der Waals surface area (Å²) in [5, 5.41) is 17.5. The number of aromatic amines is 1. The van der Waals surface area contributed by atoms with Gasteiger partial charge in [0.1, 0.15) is 18.1 Å². The molecule has 0 bridgehead atoms. The van der Waals surface area contributed by atoms with Crippen molar-refractivity contribution in [3.8, 4) is 0 Å². The van der Waals surface area contributed by atoms with Gasteiger partial charge in [-0.2, -0.15) is 12.6 Å². The number of carboxylic acids is 1. The van der Waals surface area contributed by atoms with Crippen LogP contribution in [0.5, 0.6) is 0 Å². The number of aliphatic carboxylic acids is 1. The van der Waals surface area contributed by atoms with Gasteiger partial charge in [-0.15, -0.1) is 0 Å². The number of hydrogen-bond acceptors (Lipinski definition) is 7. The van der Waals surface area contributed by atoms with Gasteiger partial charge in [-0.1, -0.05) is 32.0 Å². The van der Waals surface area contributed by atoms with Crippen LogP contribution in [0.3, 0.4) is 0 Å². The van der Waals surface area contributed by atoms with Gasteiger partial charge >= 0.3 is 5.97 Å². The molecule has 2 rings (SSSR count). The first-order chi connectivity index (χ1) is 17.4. The molecule has 1 heterocycles. The van der Waals surface area contributed by atoms with Crippen LogP contribution in [0.4, 0.5) is 0 Å². The lowest BCUT2D eigenvalue weighted by Gasteiger charge is -2.25. The van der Waals surface area contributed by atoms with E-state index in [2.05, 4.69) is 33.6 Å². The summed E-state index contributed by atoms with van der Waals surface area (Å²) in [7, 11) is 0. The zero-order valence-corrected chi connectivity index (χ0v) is 21.6. The second-order valence-electron chi connectivity index (χ2n) is 9.17. The number of carbonyl (C=O) groups excluding carboxylic acids is 4. The van der Waals surface area contributed by atoms with Gasteiger partial charge in [0, 0.05) is 22.9 Å². The quantitative estimate of drug-likeness (QED) is 0.148. The van der Waals surface area contributed by atoms with Crippen LogP contribution in [-0.2, 0) is 30.4 Å². The first kappa shape index (κ1) is 29.6. The Morgan fingerprint density at radius 2 is 1.57 bits per heavy atom. The molecule has 13 heteroatoms. The van der Waals surface area contributed by atoms with Crippen molar-refractivity contribution < 1.29 is 29.1 Å². The Hall–Kier alpha value is -3.58. The van der Waals surface area contributed by atoms with E-state index in [9.17, 15) is 29.1 Å². The molecule has 0 aliphatic rings. The number of H-pyrrole nitrogens is 1. The van der Waals surface area contributed by atoms with Gasteiger partial charge in [-0.25, -0.2) is 4.79 Å². The largest absolute Gasteiger partial charge is 0.480 e. The van der Waals surface area contributed by atoms with E-state index < -0.39 is 60.2 Å². The molecule has 0 spiro atoms. The number of thiol groups is 1. The highest BCUT2D eigenvalue weighted by molar-refractivity contribution is 7.80. The first-order valence-corrected chi connectivity index (χ1v) is 12.4. The highest BCUT2D eigenvalue weighted by Gasteiger charge is 2.31. The second kappa shape index (κ2) is 13.7. The lowest BCUT2D eigenvalue weighted by molar-refractivity contribution is -0.143. The Kier molecular flexibility index (Phi) is 10.9. The number of nitrogens with two attached hydrogens (primary N) is 2. The third-order valence-corrected chi connectivity index (χ3v) is 5.99.